The minimum atomic E-state index is 0.378. The van der Waals surface area contributed by atoms with Crippen molar-refractivity contribution >= 4 is 44.6 Å². The molecule has 21 heavy (non-hydrogen) atoms. The van der Waals surface area contributed by atoms with Crippen LogP contribution in [0.2, 0.25) is 0 Å². The summed E-state index contributed by atoms with van der Waals surface area (Å²) in [7, 11) is 0. The molecule has 0 unspecified atom stereocenters. The summed E-state index contributed by atoms with van der Waals surface area (Å²) in [6.45, 7) is 2.06. The Balaban J connectivity index is 2.05. The number of hydrogen-bond acceptors (Lipinski definition) is 3. The number of fused-ring (bicyclic) bond motifs is 1. The van der Waals surface area contributed by atoms with E-state index < -0.39 is 0 Å². The molecular formula is C16H16BrN3S. The Morgan fingerprint density at radius 2 is 2.19 bits per heavy atom. The van der Waals surface area contributed by atoms with E-state index in [2.05, 4.69) is 40.3 Å². The van der Waals surface area contributed by atoms with Crippen molar-refractivity contribution in [3.63, 3.8) is 0 Å². The second-order valence-electron chi connectivity index (χ2n) is 5.27. The molecule has 3 nitrogen and oxygen atoms in total. The number of thiocarbonyl (C=S) groups is 1. The van der Waals surface area contributed by atoms with Gasteiger partial charge >= 0.3 is 0 Å². The van der Waals surface area contributed by atoms with Crippen LogP contribution < -0.4 is 11.1 Å². The largest absolute Gasteiger partial charge is 0.389 e. The molecule has 0 bridgehead atoms. The van der Waals surface area contributed by atoms with Gasteiger partial charge in [-0.25, -0.2) is 4.98 Å². The summed E-state index contributed by atoms with van der Waals surface area (Å²) in [5, 5.41) is 3.37. The summed E-state index contributed by atoms with van der Waals surface area (Å²) in [5.74, 6) is 0.745. The Hall–Kier alpha value is -1.46. The Morgan fingerprint density at radius 1 is 1.38 bits per heavy atom. The zero-order chi connectivity index (χ0) is 15.0. The molecule has 3 rings (SSSR count). The number of aromatic nitrogens is 1. The van der Waals surface area contributed by atoms with E-state index in [1.165, 1.54) is 5.56 Å². The second kappa shape index (κ2) is 5.73. The molecule has 3 N–H and O–H groups in total. The van der Waals surface area contributed by atoms with Gasteiger partial charge in [0.1, 0.15) is 10.8 Å². The summed E-state index contributed by atoms with van der Waals surface area (Å²) in [4.78, 5) is 5.12. The van der Waals surface area contributed by atoms with Gasteiger partial charge in [0.25, 0.3) is 0 Å². The lowest BCUT2D eigenvalue weighted by molar-refractivity contribution is 0.900. The van der Waals surface area contributed by atoms with Crippen LogP contribution in [0.15, 0.2) is 28.7 Å². The van der Waals surface area contributed by atoms with Gasteiger partial charge in [-0.05, 0) is 65.4 Å². The van der Waals surface area contributed by atoms with Crippen molar-refractivity contribution in [3.8, 4) is 0 Å². The molecule has 0 spiro atoms. The molecular weight excluding hydrogens is 346 g/mol. The van der Waals surface area contributed by atoms with Crippen LogP contribution in [0.3, 0.4) is 0 Å². The number of rotatable bonds is 3. The van der Waals surface area contributed by atoms with E-state index in [-0.39, 0.29) is 0 Å². The summed E-state index contributed by atoms with van der Waals surface area (Å²) >= 11 is 8.79. The number of benzene rings is 1. The van der Waals surface area contributed by atoms with Gasteiger partial charge in [0.2, 0.25) is 0 Å². The maximum absolute atomic E-state index is 5.87. The van der Waals surface area contributed by atoms with Gasteiger partial charge in [0, 0.05) is 10.2 Å². The van der Waals surface area contributed by atoms with Crippen molar-refractivity contribution in [2.24, 2.45) is 5.73 Å². The summed E-state index contributed by atoms with van der Waals surface area (Å²) in [5.41, 5.74) is 11.2. The van der Waals surface area contributed by atoms with Crippen LogP contribution >= 0.6 is 28.1 Å². The van der Waals surface area contributed by atoms with Crippen LogP contribution in [0.4, 0.5) is 11.5 Å². The zero-order valence-electron chi connectivity index (χ0n) is 11.7. The highest BCUT2D eigenvalue weighted by Crippen LogP contribution is 2.31. The highest BCUT2D eigenvalue weighted by Gasteiger charge is 2.18. The van der Waals surface area contributed by atoms with E-state index in [1.807, 2.05) is 12.1 Å². The molecule has 2 aromatic rings. The van der Waals surface area contributed by atoms with Crippen LogP contribution in [-0.4, -0.2) is 9.97 Å². The van der Waals surface area contributed by atoms with E-state index >= 15 is 0 Å². The Labute approximate surface area is 138 Å². The van der Waals surface area contributed by atoms with Crippen molar-refractivity contribution in [1.82, 2.24) is 4.98 Å². The molecule has 0 aliphatic heterocycles. The van der Waals surface area contributed by atoms with Gasteiger partial charge in [-0.3, -0.25) is 0 Å². The first-order chi connectivity index (χ1) is 10.1. The highest BCUT2D eigenvalue weighted by atomic mass is 79.9. The second-order valence-corrected chi connectivity index (χ2v) is 6.50. The molecule has 0 radical (unpaired) electrons. The number of nitrogens with two attached hydrogens (primary N) is 1. The smallest absolute Gasteiger partial charge is 0.140 e. The van der Waals surface area contributed by atoms with Gasteiger partial charge in [0.15, 0.2) is 0 Å². The molecule has 0 fully saturated rings. The quantitative estimate of drug-likeness (QED) is 0.810. The van der Waals surface area contributed by atoms with Crippen LogP contribution in [-0.2, 0) is 12.8 Å². The number of halogens is 1. The van der Waals surface area contributed by atoms with E-state index in [1.54, 1.807) is 0 Å². The molecule has 1 heterocycles. The lowest BCUT2D eigenvalue weighted by Crippen LogP contribution is -2.14. The third kappa shape index (κ3) is 2.80. The molecule has 108 valence electrons. The van der Waals surface area contributed by atoms with E-state index in [9.17, 15) is 0 Å². The zero-order valence-corrected chi connectivity index (χ0v) is 14.1. The third-order valence-electron chi connectivity index (χ3n) is 3.76. The Bertz CT molecular complexity index is 728. The minimum absolute atomic E-state index is 0.378. The molecule has 1 aliphatic rings. The van der Waals surface area contributed by atoms with Gasteiger partial charge < -0.3 is 11.1 Å². The van der Waals surface area contributed by atoms with Crippen LogP contribution in [0, 0.1) is 6.92 Å². The van der Waals surface area contributed by atoms with Gasteiger partial charge in [0.05, 0.1) is 11.3 Å². The van der Waals surface area contributed by atoms with Gasteiger partial charge in [-0.15, -0.1) is 0 Å². The fourth-order valence-electron chi connectivity index (χ4n) is 2.63. The number of hydrogen-bond donors (Lipinski definition) is 2. The summed E-state index contributed by atoms with van der Waals surface area (Å²) < 4.78 is 1.03. The molecule has 1 aromatic heterocycles. The minimum Gasteiger partial charge on any atom is -0.389 e. The molecule has 0 amide bonds. The molecule has 0 atom stereocenters. The SMILES string of the molecule is Cc1cccc(Nc2nc3c(cc2C(N)=S)CCC3)c1Br. The number of nitrogens with zero attached hydrogens (tertiary/aromatic N) is 1. The van der Waals surface area contributed by atoms with Crippen molar-refractivity contribution in [3.05, 3.63) is 51.1 Å². The van der Waals surface area contributed by atoms with Gasteiger partial charge in [-0.1, -0.05) is 24.4 Å². The molecule has 5 heteroatoms. The lowest BCUT2D eigenvalue weighted by Gasteiger charge is -2.14. The Kier molecular flexibility index (Phi) is 3.95. The normalized spacial score (nSPS) is 13.0. The summed E-state index contributed by atoms with van der Waals surface area (Å²) in [6.07, 6.45) is 3.24. The van der Waals surface area contributed by atoms with Crippen molar-refractivity contribution < 1.29 is 0 Å². The topological polar surface area (TPSA) is 50.9 Å². The molecule has 1 aliphatic carbocycles. The molecule has 0 saturated carbocycles. The van der Waals surface area contributed by atoms with Crippen molar-refractivity contribution in [1.29, 1.82) is 0 Å². The Morgan fingerprint density at radius 3 is 2.95 bits per heavy atom. The lowest BCUT2D eigenvalue weighted by atomic mass is 10.1. The standard InChI is InChI=1S/C16H16BrN3S/c1-9-4-2-7-13(14(9)17)20-16-11(15(18)21)8-10-5-3-6-12(10)19-16/h2,4,7-8H,3,5-6H2,1H3,(H2,18,21)(H,19,20). The highest BCUT2D eigenvalue weighted by molar-refractivity contribution is 9.10. The first kappa shape index (κ1) is 14.5. The maximum atomic E-state index is 5.87. The number of aryl methyl sites for hydroxylation is 3. The van der Waals surface area contributed by atoms with Gasteiger partial charge in [-0.2, -0.15) is 0 Å². The first-order valence-corrected chi connectivity index (χ1v) is 8.11. The predicted octanol–water partition coefficient (Wildman–Crippen LogP) is 4.02. The van der Waals surface area contributed by atoms with Crippen LogP contribution in [0.25, 0.3) is 0 Å². The number of pyridine rings is 1. The number of anilines is 2. The first-order valence-electron chi connectivity index (χ1n) is 6.91. The fourth-order valence-corrected chi connectivity index (χ4v) is 3.15. The monoisotopic (exact) mass is 361 g/mol. The van der Waals surface area contributed by atoms with E-state index in [0.717, 1.165) is 52.1 Å². The third-order valence-corrected chi connectivity index (χ3v) is 5.03. The van der Waals surface area contributed by atoms with Crippen molar-refractivity contribution in [2.45, 2.75) is 26.2 Å². The molecule has 1 aromatic carbocycles. The molecule has 0 saturated heterocycles. The number of nitrogens with one attached hydrogen (secondary N) is 1. The van der Waals surface area contributed by atoms with Crippen LogP contribution in [0.5, 0.6) is 0 Å². The van der Waals surface area contributed by atoms with E-state index in [0.29, 0.717) is 4.99 Å². The average molecular weight is 362 g/mol. The summed E-state index contributed by atoms with van der Waals surface area (Å²) in [6, 6.07) is 8.16. The fraction of sp³-hybridized carbons (Fsp3) is 0.250. The average Bonchev–Trinajstić information content (AvgIpc) is 2.90. The maximum Gasteiger partial charge on any atom is 0.140 e. The van der Waals surface area contributed by atoms with E-state index in [4.69, 9.17) is 22.9 Å². The van der Waals surface area contributed by atoms with Crippen molar-refractivity contribution in [2.75, 3.05) is 5.32 Å². The predicted molar refractivity (Wildman–Crippen MR) is 94.3 cm³/mol. The van der Waals surface area contributed by atoms with Crippen LogP contribution in [0.1, 0.15) is 28.8 Å².